The largest absolute Gasteiger partial charge is 0.482 e. The van der Waals surface area contributed by atoms with Crippen molar-refractivity contribution in [3.63, 3.8) is 0 Å². The lowest BCUT2D eigenvalue weighted by Crippen LogP contribution is -2.29. The van der Waals surface area contributed by atoms with Crippen molar-refractivity contribution < 1.29 is 79.4 Å². The van der Waals surface area contributed by atoms with Crippen molar-refractivity contribution in [2.45, 2.75) is 119 Å². The molecule has 72 heavy (non-hydrogen) atoms. The van der Waals surface area contributed by atoms with Crippen LogP contribution in [0, 0.1) is 0 Å². The fourth-order valence-corrected chi connectivity index (χ4v) is 13.7. The van der Waals surface area contributed by atoms with Gasteiger partial charge in [0.05, 0.1) is 29.4 Å². The highest BCUT2D eigenvalue weighted by Crippen LogP contribution is 2.37. The van der Waals surface area contributed by atoms with Crippen molar-refractivity contribution in [1.82, 2.24) is 9.44 Å². The number of ether oxygens (including phenoxy) is 3. The summed E-state index contributed by atoms with van der Waals surface area (Å²) >= 11 is 0. The molecule has 4 aromatic carbocycles. The third-order valence-electron chi connectivity index (χ3n) is 11.2. The highest BCUT2D eigenvalue weighted by Gasteiger charge is 2.31. The first-order valence-corrected chi connectivity index (χ1v) is 32.7. The second kappa shape index (κ2) is 22.3. The third-order valence-corrected chi connectivity index (χ3v) is 18.5. The van der Waals surface area contributed by atoms with E-state index in [9.17, 15) is 60.1 Å². The van der Waals surface area contributed by atoms with Gasteiger partial charge in [-0.1, -0.05) is 37.1 Å². The van der Waals surface area contributed by atoms with Crippen molar-refractivity contribution in [2.75, 3.05) is 38.2 Å². The molecule has 0 radical (unpaired) electrons. The SMILES string of the molecule is CC(C)(C)OC(=O)COc1cccc2c1CCCCC2NS(=O)(=O)c1cc(S(C)(=O)=O)cc(S(C)(=O)=O)c1.CS(=O)(=O)c1cc(S(C)(=O)=O)cc(S(=O)(=O)NC2CCCCc3c(OCC(=O)O)cccc32)c1. The van der Waals surface area contributed by atoms with Gasteiger partial charge in [-0.05, 0) is 130 Å². The molecule has 0 spiro atoms. The number of nitrogens with one attached hydrogen (secondary N) is 2. The summed E-state index contributed by atoms with van der Waals surface area (Å²) in [5, 5.41) is 8.92. The Bertz CT molecular complexity index is 3320. The number of carboxylic acids is 1. The number of rotatable bonds is 16. The fraction of sp³-hybridized carbons (Fsp3) is 0.435. The van der Waals surface area contributed by atoms with Crippen LogP contribution in [0.5, 0.6) is 11.5 Å². The Hall–Kier alpha value is -4.96. The predicted molar refractivity (Wildman–Crippen MR) is 264 cm³/mol. The molecule has 0 aliphatic heterocycles. The van der Waals surface area contributed by atoms with Crippen LogP contribution in [0.4, 0.5) is 0 Å². The lowest BCUT2D eigenvalue weighted by atomic mass is 9.99. The highest BCUT2D eigenvalue weighted by molar-refractivity contribution is 7.92. The number of fused-ring (bicyclic) bond motifs is 2. The third kappa shape index (κ3) is 15.8. The minimum Gasteiger partial charge on any atom is -0.482 e. The number of hydrogen-bond acceptors (Lipinski definition) is 17. The van der Waals surface area contributed by atoms with Gasteiger partial charge >= 0.3 is 11.9 Å². The number of carboxylic acid groups (broad SMARTS) is 1. The van der Waals surface area contributed by atoms with E-state index in [4.69, 9.17) is 19.3 Å². The molecule has 3 N–H and O–H groups in total. The summed E-state index contributed by atoms with van der Waals surface area (Å²) in [5.41, 5.74) is 2.06. The van der Waals surface area contributed by atoms with Crippen LogP contribution in [-0.4, -0.2) is 111 Å². The average molecular weight is 1120 g/mol. The van der Waals surface area contributed by atoms with Gasteiger partial charge in [-0.3, -0.25) is 0 Å². The minimum atomic E-state index is -4.34. The first-order chi connectivity index (χ1) is 33.0. The zero-order chi connectivity index (χ0) is 53.8. The lowest BCUT2D eigenvalue weighted by molar-refractivity contribution is -0.157. The molecule has 20 nitrogen and oxygen atoms in total. The van der Waals surface area contributed by atoms with Crippen LogP contribution in [0.25, 0.3) is 0 Å². The Morgan fingerprint density at radius 3 is 1.18 bits per heavy atom. The predicted octanol–water partition coefficient (Wildman–Crippen LogP) is 4.66. The van der Waals surface area contributed by atoms with E-state index < -0.39 is 125 Å². The van der Waals surface area contributed by atoms with Gasteiger partial charge in [0.1, 0.15) is 17.1 Å². The van der Waals surface area contributed by atoms with E-state index in [1.165, 1.54) is 0 Å². The van der Waals surface area contributed by atoms with E-state index >= 15 is 0 Å². The second-order valence-electron chi connectivity index (χ2n) is 18.4. The van der Waals surface area contributed by atoms with Gasteiger partial charge in [0.2, 0.25) is 20.0 Å². The van der Waals surface area contributed by atoms with Crippen molar-refractivity contribution >= 4 is 71.3 Å². The zero-order valence-electron chi connectivity index (χ0n) is 40.5. The number of esters is 1. The van der Waals surface area contributed by atoms with Gasteiger partial charge in [0, 0.05) is 37.1 Å². The molecule has 396 valence electrons. The monoisotopic (exact) mass is 1120 g/mol. The number of hydrogen-bond donors (Lipinski definition) is 3. The first-order valence-electron chi connectivity index (χ1n) is 22.1. The summed E-state index contributed by atoms with van der Waals surface area (Å²) in [5.74, 6) is -0.883. The minimum absolute atomic E-state index is 0.309. The van der Waals surface area contributed by atoms with Gasteiger partial charge in [0.15, 0.2) is 52.6 Å². The Morgan fingerprint density at radius 2 is 0.861 bits per heavy atom. The van der Waals surface area contributed by atoms with E-state index in [1.54, 1.807) is 57.2 Å². The Morgan fingerprint density at radius 1 is 0.528 bits per heavy atom. The van der Waals surface area contributed by atoms with Crippen LogP contribution >= 0.6 is 0 Å². The van der Waals surface area contributed by atoms with Crippen LogP contribution in [0.1, 0.15) is 93.6 Å². The molecule has 4 aromatic rings. The molecule has 26 heteroatoms. The Balaban J connectivity index is 0.000000269. The standard InChI is InChI=1S/C25H33NO9S3.C21H25NO9S3/c1-25(2,3)35-24(27)16-34-23-12-8-10-20-21(23)9-6-7-11-22(20)26-38(32,33)19-14-17(36(4,28)29)13-18(15-19)37(5,30)31;1-32(25,26)14-10-15(33(2,27)28)12-16(11-14)34(29,30)22-19-8-4-3-6-18-17(19)7-5-9-20(18)31-13-21(23)24/h8,10,12-15,22,26H,6-7,9,11,16H2,1-5H3;5,7,9-12,19,22H,3-4,6,8,13H2,1-2H3,(H,23,24). The Kier molecular flexibility index (Phi) is 17.9. The van der Waals surface area contributed by atoms with Crippen LogP contribution in [0.3, 0.4) is 0 Å². The molecule has 2 unspecified atom stereocenters. The number of aliphatic carboxylic acids is 1. The maximum atomic E-state index is 13.4. The second-order valence-corrected chi connectivity index (χ2v) is 29.9. The number of sulfonamides is 2. The lowest BCUT2D eigenvalue weighted by Gasteiger charge is -2.22. The van der Waals surface area contributed by atoms with Crippen molar-refractivity contribution in [3.05, 3.63) is 95.1 Å². The first kappa shape index (κ1) is 57.9. The van der Waals surface area contributed by atoms with Crippen LogP contribution in [0.2, 0.25) is 0 Å². The number of benzene rings is 4. The zero-order valence-corrected chi connectivity index (χ0v) is 45.4. The summed E-state index contributed by atoms with van der Waals surface area (Å²) in [4.78, 5) is 20.4. The van der Waals surface area contributed by atoms with E-state index in [2.05, 4.69) is 9.44 Å². The molecular formula is C46H58N2O18S6. The van der Waals surface area contributed by atoms with Gasteiger partial charge < -0.3 is 19.3 Å². The van der Waals surface area contributed by atoms with E-state index in [1.807, 2.05) is 0 Å². The number of carbonyl (C=O) groups is 2. The highest BCUT2D eigenvalue weighted by atomic mass is 32.2. The molecule has 6 rings (SSSR count). The average Bonchev–Trinajstić information content (AvgIpc) is 3.59. The van der Waals surface area contributed by atoms with Gasteiger partial charge in [-0.15, -0.1) is 0 Å². The molecule has 2 aliphatic rings. The van der Waals surface area contributed by atoms with Crippen molar-refractivity contribution in [3.8, 4) is 11.5 Å². The normalized spacial score (nSPS) is 16.9. The summed E-state index contributed by atoms with van der Waals surface area (Å²) in [7, 11) is -24.3. The van der Waals surface area contributed by atoms with Crippen LogP contribution in [0.15, 0.2) is 102 Å². The maximum Gasteiger partial charge on any atom is 0.344 e. The van der Waals surface area contributed by atoms with E-state index in [0.29, 0.717) is 66.7 Å². The molecule has 0 aromatic heterocycles. The summed E-state index contributed by atoms with van der Waals surface area (Å²) < 4.78 is 172. The maximum absolute atomic E-state index is 13.4. The van der Waals surface area contributed by atoms with Gasteiger partial charge in [0.25, 0.3) is 0 Å². The molecule has 0 fully saturated rings. The number of carbonyl (C=O) groups excluding carboxylic acids is 1. The molecule has 0 bridgehead atoms. The Labute approximate surface area is 421 Å². The summed E-state index contributed by atoms with van der Waals surface area (Å²) in [6.45, 7) is 4.40. The fourth-order valence-electron chi connectivity index (χ4n) is 7.90. The molecule has 0 amide bonds. The van der Waals surface area contributed by atoms with Crippen molar-refractivity contribution in [2.24, 2.45) is 0 Å². The molecule has 0 saturated carbocycles. The quantitative estimate of drug-likeness (QED) is 0.101. The smallest absolute Gasteiger partial charge is 0.344 e. The van der Waals surface area contributed by atoms with Gasteiger partial charge in [-0.2, -0.15) is 0 Å². The topological polar surface area (TPSA) is 311 Å². The summed E-state index contributed by atoms with van der Waals surface area (Å²) in [6, 6.07) is 14.4. The van der Waals surface area contributed by atoms with Gasteiger partial charge in [-0.25, -0.2) is 69.5 Å². The summed E-state index contributed by atoms with van der Waals surface area (Å²) in [6.07, 6.45) is 8.33. The molecule has 2 aliphatic carbocycles. The van der Waals surface area contributed by atoms with E-state index in [-0.39, 0.29) is 6.61 Å². The molecule has 0 heterocycles. The van der Waals surface area contributed by atoms with Crippen molar-refractivity contribution in [1.29, 1.82) is 0 Å². The van der Waals surface area contributed by atoms with E-state index in [0.717, 1.165) is 79.8 Å². The molecular weight excluding hydrogens is 1060 g/mol. The molecule has 0 saturated heterocycles. The number of sulfone groups is 4. The molecule has 2 atom stereocenters. The van der Waals surface area contributed by atoms with Crippen LogP contribution < -0.4 is 18.9 Å². The van der Waals surface area contributed by atoms with Crippen LogP contribution in [-0.2, 0) is 86.6 Å².